The number of aryl methyl sites for hydroxylation is 1. The summed E-state index contributed by atoms with van der Waals surface area (Å²) in [6.45, 7) is 4.82. The monoisotopic (exact) mass is 472 g/mol. The summed E-state index contributed by atoms with van der Waals surface area (Å²) in [6.07, 6.45) is 11.3. The van der Waals surface area contributed by atoms with E-state index < -0.39 is 11.7 Å². The number of anilines is 1. The van der Waals surface area contributed by atoms with E-state index >= 15 is 0 Å². The Labute approximate surface area is 205 Å². The molecule has 0 radical (unpaired) electrons. The van der Waals surface area contributed by atoms with Crippen molar-refractivity contribution in [2.24, 2.45) is 13.0 Å². The number of benzene rings is 1. The van der Waals surface area contributed by atoms with E-state index in [-0.39, 0.29) is 11.7 Å². The van der Waals surface area contributed by atoms with Gasteiger partial charge < -0.3 is 10.6 Å². The van der Waals surface area contributed by atoms with Crippen LogP contribution in [0.4, 0.5) is 10.2 Å². The summed E-state index contributed by atoms with van der Waals surface area (Å²) in [7, 11) is 1.78. The number of hydrogen-bond acceptors (Lipinski definition) is 5. The molecule has 1 amide bonds. The van der Waals surface area contributed by atoms with Crippen LogP contribution in [0.15, 0.2) is 72.7 Å². The Bertz CT molecular complexity index is 1250. The van der Waals surface area contributed by atoms with Crippen LogP contribution in [0.25, 0.3) is 11.1 Å². The SMILES string of the molecule is C/C=C\C=C(/C)C(CNCCc1ccc(C#N)cc1)C(=O)Nc1ncc(-c2cnn(C)c2)cc1F. The van der Waals surface area contributed by atoms with Crippen molar-refractivity contribution in [1.29, 1.82) is 5.26 Å². The molecule has 180 valence electrons. The lowest BCUT2D eigenvalue weighted by atomic mass is 9.98. The number of aromatic nitrogens is 3. The molecule has 0 aliphatic heterocycles. The highest BCUT2D eigenvalue weighted by atomic mass is 19.1. The van der Waals surface area contributed by atoms with Crippen LogP contribution in [0, 0.1) is 23.1 Å². The van der Waals surface area contributed by atoms with Gasteiger partial charge in [-0.1, -0.05) is 35.9 Å². The fourth-order valence-electron chi connectivity index (χ4n) is 3.51. The second kappa shape index (κ2) is 12.4. The second-order valence-corrected chi connectivity index (χ2v) is 8.20. The van der Waals surface area contributed by atoms with Gasteiger partial charge in [0.2, 0.25) is 5.91 Å². The van der Waals surface area contributed by atoms with Crippen LogP contribution in [-0.4, -0.2) is 33.8 Å². The molecule has 8 heteroatoms. The highest BCUT2D eigenvalue weighted by Gasteiger charge is 2.22. The molecule has 2 N–H and O–H groups in total. The lowest BCUT2D eigenvalue weighted by Gasteiger charge is -2.18. The van der Waals surface area contributed by atoms with Crippen LogP contribution in [0.3, 0.4) is 0 Å². The van der Waals surface area contributed by atoms with Crippen LogP contribution in [-0.2, 0) is 18.3 Å². The van der Waals surface area contributed by atoms with Crippen molar-refractivity contribution in [3.63, 3.8) is 0 Å². The lowest BCUT2D eigenvalue weighted by Crippen LogP contribution is -2.34. The summed E-state index contributed by atoms with van der Waals surface area (Å²) < 4.78 is 16.4. The number of carbonyl (C=O) groups is 1. The molecular formula is C27H29FN6O. The van der Waals surface area contributed by atoms with Crippen LogP contribution in [0.2, 0.25) is 0 Å². The number of allylic oxidation sites excluding steroid dienone is 3. The van der Waals surface area contributed by atoms with Gasteiger partial charge in [0.25, 0.3) is 0 Å². The van der Waals surface area contributed by atoms with Crippen molar-refractivity contribution < 1.29 is 9.18 Å². The molecule has 0 spiro atoms. The van der Waals surface area contributed by atoms with Gasteiger partial charge in [0.15, 0.2) is 11.6 Å². The third-order valence-corrected chi connectivity index (χ3v) is 5.56. The van der Waals surface area contributed by atoms with Gasteiger partial charge in [-0.2, -0.15) is 10.4 Å². The molecule has 0 bridgehead atoms. The zero-order valence-corrected chi connectivity index (χ0v) is 20.1. The first-order chi connectivity index (χ1) is 16.9. The van der Waals surface area contributed by atoms with E-state index in [1.54, 1.807) is 36.3 Å². The van der Waals surface area contributed by atoms with Gasteiger partial charge in [0, 0.05) is 37.1 Å². The number of nitrogens with zero attached hydrogens (tertiary/aromatic N) is 4. The first kappa shape index (κ1) is 25.5. The molecule has 2 heterocycles. The smallest absolute Gasteiger partial charge is 0.234 e. The number of amides is 1. The fraction of sp³-hybridized carbons (Fsp3) is 0.259. The normalized spacial score (nSPS) is 12.5. The predicted octanol–water partition coefficient (Wildman–Crippen LogP) is 4.40. The second-order valence-electron chi connectivity index (χ2n) is 8.20. The Kier molecular flexibility index (Phi) is 9.04. The number of pyridine rings is 1. The quantitative estimate of drug-likeness (QED) is 0.337. The van der Waals surface area contributed by atoms with Gasteiger partial charge in [0.1, 0.15) is 0 Å². The minimum Gasteiger partial charge on any atom is -0.315 e. The van der Waals surface area contributed by atoms with Crippen LogP contribution in [0.1, 0.15) is 25.0 Å². The minimum absolute atomic E-state index is 0.107. The molecule has 0 saturated carbocycles. The number of nitrogens with one attached hydrogen (secondary N) is 2. The van der Waals surface area contributed by atoms with Gasteiger partial charge in [0.05, 0.1) is 23.7 Å². The topological polar surface area (TPSA) is 95.6 Å². The maximum atomic E-state index is 14.8. The number of hydrogen-bond donors (Lipinski definition) is 2. The van der Waals surface area contributed by atoms with E-state index in [2.05, 4.69) is 26.8 Å². The van der Waals surface area contributed by atoms with Crippen molar-refractivity contribution in [2.45, 2.75) is 20.3 Å². The predicted molar refractivity (Wildman–Crippen MR) is 135 cm³/mol. The number of rotatable bonds is 10. The highest BCUT2D eigenvalue weighted by molar-refractivity contribution is 5.94. The van der Waals surface area contributed by atoms with Gasteiger partial charge in [-0.05, 0) is 50.6 Å². The molecular weight excluding hydrogens is 443 g/mol. The first-order valence-electron chi connectivity index (χ1n) is 11.4. The average molecular weight is 473 g/mol. The zero-order chi connectivity index (χ0) is 25.2. The molecule has 2 aromatic heterocycles. The molecule has 0 aliphatic carbocycles. The minimum atomic E-state index is -0.609. The average Bonchev–Trinajstić information content (AvgIpc) is 3.30. The number of carbonyl (C=O) groups excluding carboxylic acids is 1. The van der Waals surface area contributed by atoms with Crippen LogP contribution in [0.5, 0.6) is 0 Å². The van der Waals surface area contributed by atoms with E-state index in [0.717, 1.165) is 23.1 Å². The van der Waals surface area contributed by atoms with Gasteiger partial charge in [-0.15, -0.1) is 0 Å². The summed E-state index contributed by atoms with van der Waals surface area (Å²) in [6, 6.07) is 10.9. The molecule has 3 rings (SSSR count). The van der Waals surface area contributed by atoms with Crippen molar-refractivity contribution >= 4 is 11.7 Å². The van der Waals surface area contributed by atoms with Gasteiger partial charge >= 0.3 is 0 Å². The lowest BCUT2D eigenvalue weighted by molar-refractivity contribution is -0.118. The van der Waals surface area contributed by atoms with E-state index in [9.17, 15) is 9.18 Å². The molecule has 1 atom stereocenters. The largest absolute Gasteiger partial charge is 0.315 e. The molecule has 1 aromatic carbocycles. The zero-order valence-electron chi connectivity index (χ0n) is 20.1. The molecule has 3 aromatic rings. The molecule has 0 saturated heterocycles. The molecule has 35 heavy (non-hydrogen) atoms. The van der Waals surface area contributed by atoms with E-state index in [1.807, 2.05) is 44.2 Å². The molecule has 1 unspecified atom stereocenters. The summed E-state index contributed by atoms with van der Waals surface area (Å²) in [5, 5.41) is 19.0. The van der Waals surface area contributed by atoms with E-state index in [0.29, 0.717) is 24.2 Å². The van der Waals surface area contributed by atoms with Gasteiger partial charge in [-0.25, -0.2) is 9.37 Å². The summed E-state index contributed by atoms with van der Waals surface area (Å²) in [4.78, 5) is 17.2. The maximum Gasteiger partial charge on any atom is 0.234 e. The van der Waals surface area contributed by atoms with Crippen molar-refractivity contribution in [3.8, 4) is 17.2 Å². The molecule has 7 nitrogen and oxygen atoms in total. The van der Waals surface area contributed by atoms with E-state index in [4.69, 9.17) is 5.26 Å². The first-order valence-corrected chi connectivity index (χ1v) is 11.4. The standard InChI is InChI=1S/C27H29FN6O/c1-4-5-6-19(2)24(17-30-12-11-20-7-9-21(14-29)10-8-20)27(35)33-26-25(28)13-22(15-31-26)23-16-32-34(3)18-23/h4-10,13,15-16,18,24,30H,11-12,17H2,1-3H3,(H,31,33,35)/b5-4-,19-6+. The summed E-state index contributed by atoms with van der Waals surface area (Å²) in [5.74, 6) is -1.56. The summed E-state index contributed by atoms with van der Waals surface area (Å²) >= 11 is 0. The van der Waals surface area contributed by atoms with Crippen LogP contribution >= 0.6 is 0 Å². The van der Waals surface area contributed by atoms with Crippen LogP contribution < -0.4 is 10.6 Å². The summed E-state index contributed by atoms with van der Waals surface area (Å²) in [5.41, 5.74) is 3.89. The Morgan fingerprint density at radius 3 is 2.66 bits per heavy atom. The Balaban J connectivity index is 1.65. The number of nitriles is 1. The Hall–Kier alpha value is -4.09. The highest BCUT2D eigenvalue weighted by Crippen LogP contribution is 2.22. The van der Waals surface area contributed by atoms with E-state index in [1.165, 1.54) is 12.3 Å². The fourth-order valence-corrected chi connectivity index (χ4v) is 3.51. The van der Waals surface area contributed by atoms with Gasteiger partial charge in [-0.3, -0.25) is 9.48 Å². The molecule has 0 fully saturated rings. The third-order valence-electron chi connectivity index (χ3n) is 5.56. The van der Waals surface area contributed by atoms with Crippen molar-refractivity contribution in [1.82, 2.24) is 20.1 Å². The Morgan fingerprint density at radius 2 is 2.03 bits per heavy atom. The third kappa shape index (κ3) is 7.19. The maximum absolute atomic E-state index is 14.8. The van der Waals surface area contributed by atoms with Crippen molar-refractivity contribution in [3.05, 3.63) is 89.7 Å². The molecule has 0 aliphatic rings. The van der Waals surface area contributed by atoms with Crippen molar-refractivity contribution in [2.75, 3.05) is 18.4 Å². The number of halogens is 1. The Morgan fingerprint density at radius 1 is 1.26 bits per heavy atom.